The molecule has 1 saturated heterocycles. The van der Waals surface area contributed by atoms with E-state index in [1.807, 2.05) is 12.1 Å². The number of pyridine rings is 1. The van der Waals surface area contributed by atoms with Crippen molar-refractivity contribution < 1.29 is 9.53 Å². The molecule has 1 atom stereocenters. The van der Waals surface area contributed by atoms with Gasteiger partial charge in [0.05, 0.1) is 11.9 Å². The van der Waals surface area contributed by atoms with Gasteiger partial charge >= 0.3 is 0 Å². The predicted molar refractivity (Wildman–Crippen MR) is 66.0 cm³/mol. The highest BCUT2D eigenvalue weighted by atomic mass is 16.5. The molecular formula is C12H17N3O2. The van der Waals surface area contributed by atoms with E-state index in [-0.39, 0.29) is 12.0 Å². The van der Waals surface area contributed by atoms with Gasteiger partial charge in [-0.25, -0.2) is 4.98 Å². The van der Waals surface area contributed by atoms with Crippen molar-refractivity contribution in [2.45, 2.75) is 25.4 Å². The average Bonchev–Trinajstić information content (AvgIpc) is 2.40. The van der Waals surface area contributed by atoms with Crippen molar-refractivity contribution in [3.63, 3.8) is 0 Å². The van der Waals surface area contributed by atoms with Crippen LogP contribution in [0.15, 0.2) is 18.3 Å². The number of nitrogens with zero attached hydrogens (tertiary/aromatic N) is 1. The normalized spacial score (nSPS) is 19.7. The van der Waals surface area contributed by atoms with Crippen molar-refractivity contribution in [3.05, 3.63) is 18.3 Å². The molecule has 1 aliphatic heterocycles. The molecule has 0 saturated carbocycles. The lowest BCUT2D eigenvalue weighted by molar-refractivity contribution is -0.129. The monoisotopic (exact) mass is 235 g/mol. The fraction of sp³-hybridized carbons (Fsp3) is 0.500. The summed E-state index contributed by atoms with van der Waals surface area (Å²) in [5.74, 6) is 0.695. The van der Waals surface area contributed by atoms with Crippen molar-refractivity contribution in [1.82, 2.24) is 4.98 Å². The third kappa shape index (κ3) is 3.17. The van der Waals surface area contributed by atoms with Crippen LogP contribution in [0.4, 0.5) is 11.5 Å². The molecule has 2 N–H and O–H groups in total. The number of nitrogens with one attached hydrogen (secondary N) is 2. The van der Waals surface area contributed by atoms with Gasteiger partial charge in [0.1, 0.15) is 11.9 Å². The second kappa shape index (κ2) is 5.63. The van der Waals surface area contributed by atoms with E-state index in [1.165, 1.54) is 0 Å². The minimum atomic E-state index is -0.312. The number of amides is 1. The van der Waals surface area contributed by atoms with Crippen molar-refractivity contribution >= 4 is 17.4 Å². The second-order valence-electron chi connectivity index (χ2n) is 4.03. The minimum Gasteiger partial charge on any atom is -0.373 e. The zero-order valence-corrected chi connectivity index (χ0v) is 9.90. The van der Waals surface area contributed by atoms with E-state index in [0.29, 0.717) is 12.3 Å². The Labute approximate surface area is 101 Å². The molecule has 1 aliphatic rings. The molecule has 1 aromatic heterocycles. The highest BCUT2D eigenvalue weighted by Gasteiger charge is 2.21. The molecule has 5 heteroatoms. The number of carbonyl (C=O) groups excluding carboxylic acids is 1. The Bertz CT molecular complexity index is 372. The van der Waals surface area contributed by atoms with E-state index in [4.69, 9.17) is 4.74 Å². The Morgan fingerprint density at radius 1 is 1.47 bits per heavy atom. The Morgan fingerprint density at radius 2 is 2.35 bits per heavy atom. The number of ether oxygens (including phenoxy) is 1. The van der Waals surface area contributed by atoms with Gasteiger partial charge in [-0.2, -0.15) is 0 Å². The van der Waals surface area contributed by atoms with Gasteiger partial charge in [-0.1, -0.05) is 0 Å². The fourth-order valence-corrected chi connectivity index (χ4v) is 1.79. The summed E-state index contributed by atoms with van der Waals surface area (Å²) >= 11 is 0. The minimum absolute atomic E-state index is 0.0799. The Hall–Kier alpha value is -1.62. The Kier molecular flexibility index (Phi) is 3.93. The van der Waals surface area contributed by atoms with E-state index in [1.54, 1.807) is 13.2 Å². The van der Waals surface area contributed by atoms with Crippen LogP contribution in [0.25, 0.3) is 0 Å². The molecule has 2 heterocycles. The number of rotatable bonds is 3. The van der Waals surface area contributed by atoms with Gasteiger partial charge < -0.3 is 15.4 Å². The largest absolute Gasteiger partial charge is 0.373 e. The van der Waals surface area contributed by atoms with Gasteiger partial charge in [0, 0.05) is 13.7 Å². The first-order valence-corrected chi connectivity index (χ1v) is 5.86. The molecule has 92 valence electrons. The zero-order valence-electron chi connectivity index (χ0n) is 9.90. The fourth-order valence-electron chi connectivity index (χ4n) is 1.79. The van der Waals surface area contributed by atoms with E-state index < -0.39 is 0 Å². The lowest BCUT2D eigenvalue weighted by Crippen LogP contribution is -2.33. The van der Waals surface area contributed by atoms with Crippen LogP contribution in [0.5, 0.6) is 0 Å². The van der Waals surface area contributed by atoms with Crippen LogP contribution < -0.4 is 10.6 Å². The zero-order chi connectivity index (χ0) is 12.1. The lowest BCUT2D eigenvalue weighted by atomic mass is 10.1. The molecule has 0 aliphatic carbocycles. The van der Waals surface area contributed by atoms with Crippen LogP contribution in [0.1, 0.15) is 19.3 Å². The number of hydrogen-bond donors (Lipinski definition) is 2. The molecule has 5 nitrogen and oxygen atoms in total. The lowest BCUT2D eigenvalue weighted by Gasteiger charge is -2.21. The van der Waals surface area contributed by atoms with Gasteiger partial charge in [0.25, 0.3) is 5.91 Å². The summed E-state index contributed by atoms with van der Waals surface area (Å²) in [6, 6.07) is 3.64. The summed E-state index contributed by atoms with van der Waals surface area (Å²) in [4.78, 5) is 16.0. The maximum absolute atomic E-state index is 11.8. The summed E-state index contributed by atoms with van der Waals surface area (Å²) in [6.45, 7) is 0.676. The third-order valence-electron chi connectivity index (χ3n) is 2.76. The van der Waals surface area contributed by atoms with Crippen LogP contribution in [-0.4, -0.2) is 30.6 Å². The van der Waals surface area contributed by atoms with Crippen molar-refractivity contribution in [2.24, 2.45) is 0 Å². The molecule has 2 rings (SSSR count). The van der Waals surface area contributed by atoms with Gasteiger partial charge in [-0.15, -0.1) is 0 Å². The topological polar surface area (TPSA) is 63.2 Å². The van der Waals surface area contributed by atoms with Crippen molar-refractivity contribution in [2.75, 3.05) is 24.3 Å². The summed E-state index contributed by atoms with van der Waals surface area (Å²) in [5, 5.41) is 5.73. The Balaban J connectivity index is 1.92. The summed E-state index contributed by atoms with van der Waals surface area (Å²) < 4.78 is 5.41. The first kappa shape index (κ1) is 11.9. The molecule has 1 aromatic rings. The maximum Gasteiger partial charge on any atom is 0.253 e. The standard InChI is InChI=1S/C12H17N3O2/c1-13-11-6-5-9(8-14-11)15-12(16)10-4-2-3-7-17-10/h5-6,8,10H,2-4,7H2,1H3,(H,13,14)(H,15,16). The summed E-state index contributed by atoms with van der Waals surface area (Å²) in [7, 11) is 1.80. The molecule has 0 spiro atoms. The quantitative estimate of drug-likeness (QED) is 0.835. The number of aromatic nitrogens is 1. The molecule has 17 heavy (non-hydrogen) atoms. The highest BCUT2D eigenvalue weighted by Crippen LogP contribution is 2.15. The van der Waals surface area contributed by atoms with Crippen molar-refractivity contribution in [1.29, 1.82) is 0 Å². The van der Waals surface area contributed by atoms with Gasteiger partial charge in [-0.05, 0) is 31.4 Å². The van der Waals surface area contributed by atoms with E-state index in [0.717, 1.165) is 25.1 Å². The second-order valence-corrected chi connectivity index (χ2v) is 4.03. The molecule has 1 amide bonds. The third-order valence-corrected chi connectivity index (χ3v) is 2.76. The van der Waals surface area contributed by atoms with E-state index in [2.05, 4.69) is 15.6 Å². The first-order valence-electron chi connectivity index (χ1n) is 5.86. The van der Waals surface area contributed by atoms with Crippen LogP contribution in [0.3, 0.4) is 0 Å². The maximum atomic E-state index is 11.8. The van der Waals surface area contributed by atoms with Crippen LogP contribution in [0, 0.1) is 0 Å². The molecule has 0 radical (unpaired) electrons. The molecule has 0 bridgehead atoms. The number of carbonyl (C=O) groups is 1. The van der Waals surface area contributed by atoms with Crippen molar-refractivity contribution in [3.8, 4) is 0 Å². The van der Waals surface area contributed by atoms with Crippen LogP contribution in [0.2, 0.25) is 0 Å². The predicted octanol–water partition coefficient (Wildman–Crippen LogP) is 1.63. The summed E-state index contributed by atoms with van der Waals surface area (Å²) in [6.07, 6.45) is 4.21. The van der Waals surface area contributed by atoms with Gasteiger partial charge in [0.15, 0.2) is 0 Å². The van der Waals surface area contributed by atoms with E-state index in [9.17, 15) is 4.79 Å². The van der Waals surface area contributed by atoms with Gasteiger partial charge in [0.2, 0.25) is 0 Å². The van der Waals surface area contributed by atoms with Crippen LogP contribution >= 0.6 is 0 Å². The molecule has 1 fully saturated rings. The molecule has 1 unspecified atom stereocenters. The SMILES string of the molecule is CNc1ccc(NC(=O)C2CCCCO2)cn1. The van der Waals surface area contributed by atoms with Gasteiger partial charge in [-0.3, -0.25) is 4.79 Å². The highest BCUT2D eigenvalue weighted by molar-refractivity contribution is 5.94. The molecule has 0 aromatic carbocycles. The Morgan fingerprint density at radius 3 is 2.94 bits per heavy atom. The number of hydrogen-bond acceptors (Lipinski definition) is 4. The first-order chi connectivity index (χ1) is 8.29. The van der Waals surface area contributed by atoms with Crippen LogP contribution in [-0.2, 0) is 9.53 Å². The average molecular weight is 235 g/mol. The molecular weight excluding hydrogens is 218 g/mol. The van der Waals surface area contributed by atoms with E-state index >= 15 is 0 Å². The number of anilines is 2. The smallest absolute Gasteiger partial charge is 0.253 e. The summed E-state index contributed by atoms with van der Waals surface area (Å²) in [5.41, 5.74) is 0.697.